The van der Waals surface area contributed by atoms with Crippen molar-refractivity contribution < 1.29 is 9.31 Å². The Morgan fingerprint density at radius 1 is 1.67 bits per heavy atom. The quantitative estimate of drug-likeness (QED) is 0.583. The number of pyridine rings is 1. The fraction of sp³-hybridized carbons (Fsp3) is 0.167. The topological polar surface area (TPSA) is 56.0 Å². The Hall–Kier alpha value is -1.04. The Labute approximate surface area is 75.7 Å². The van der Waals surface area contributed by atoms with Gasteiger partial charge in [-0.1, -0.05) is 15.9 Å². The van der Waals surface area contributed by atoms with E-state index in [4.69, 9.17) is 0 Å². The summed E-state index contributed by atoms with van der Waals surface area (Å²) in [6.07, 6.45) is 0. The number of nitrogens with zero attached hydrogens (tertiary/aromatic N) is 2. The summed E-state index contributed by atoms with van der Waals surface area (Å²) in [5, 5.41) is 10.2. The van der Waals surface area contributed by atoms with Gasteiger partial charge in [-0.25, -0.2) is 4.39 Å². The molecule has 0 aliphatic heterocycles. The zero-order valence-corrected chi connectivity index (χ0v) is 7.41. The summed E-state index contributed by atoms with van der Waals surface area (Å²) >= 11 is 3.01. The highest BCUT2D eigenvalue weighted by Gasteiger charge is 2.11. The van der Waals surface area contributed by atoms with Gasteiger partial charge in [-0.15, -0.1) is 0 Å². The van der Waals surface area contributed by atoms with Gasteiger partial charge >= 0.3 is 5.82 Å². The van der Waals surface area contributed by atoms with Gasteiger partial charge in [0.1, 0.15) is 0 Å². The van der Waals surface area contributed by atoms with E-state index in [9.17, 15) is 14.5 Å². The maximum atomic E-state index is 12.0. The lowest BCUT2D eigenvalue weighted by Crippen LogP contribution is -1.95. The molecule has 0 N–H and O–H groups in total. The molecule has 0 saturated heterocycles. The molecule has 0 unspecified atom stereocenters. The number of halogens is 2. The first kappa shape index (κ1) is 9.05. The minimum Gasteiger partial charge on any atom is -0.358 e. The van der Waals surface area contributed by atoms with Crippen LogP contribution in [0.25, 0.3) is 0 Å². The van der Waals surface area contributed by atoms with Gasteiger partial charge in [0.05, 0.1) is 6.07 Å². The molecule has 0 amide bonds. The smallest absolute Gasteiger partial charge is 0.358 e. The molecule has 1 heterocycles. The van der Waals surface area contributed by atoms with Gasteiger partial charge in [0.25, 0.3) is 0 Å². The molecule has 12 heavy (non-hydrogen) atoms. The van der Waals surface area contributed by atoms with Crippen LogP contribution in [0.1, 0.15) is 5.69 Å². The van der Waals surface area contributed by atoms with E-state index < -0.39 is 11.6 Å². The van der Waals surface area contributed by atoms with Gasteiger partial charge in [-0.05, 0) is 9.91 Å². The van der Waals surface area contributed by atoms with Crippen LogP contribution >= 0.6 is 15.9 Å². The van der Waals surface area contributed by atoms with Crippen LogP contribution in [0, 0.1) is 10.1 Å². The van der Waals surface area contributed by atoms with Gasteiger partial charge in [-0.2, -0.15) is 0 Å². The number of hydrogen-bond acceptors (Lipinski definition) is 3. The zero-order chi connectivity index (χ0) is 9.14. The Balaban J connectivity index is 3.15. The second-order valence-corrected chi connectivity index (χ2v) is 2.94. The molecule has 0 bridgehead atoms. The van der Waals surface area contributed by atoms with Crippen molar-refractivity contribution in [2.45, 2.75) is 6.67 Å². The molecule has 4 nitrogen and oxygen atoms in total. The molecular weight excluding hydrogens is 231 g/mol. The molecule has 1 aromatic heterocycles. The molecule has 0 aliphatic rings. The van der Waals surface area contributed by atoms with Crippen molar-refractivity contribution in [1.29, 1.82) is 0 Å². The summed E-state index contributed by atoms with van der Waals surface area (Å²) in [5.41, 5.74) is 0.0519. The average Bonchev–Trinajstić information content (AvgIpc) is 2.03. The van der Waals surface area contributed by atoms with E-state index in [-0.39, 0.29) is 11.5 Å². The van der Waals surface area contributed by atoms with Crippen LogP contribution in [0.15, 0.2) is 16.6 Å². The molecule has 0 atom stereocenters. The molecule has 0 aliphatic carbocycles. The van der Waals surface area contributed by atoms with Crippen molar-refractivity contribution in [3.8, 4) is 0 Å². The monoisotopic (exact) mass is 234 g/mol. The maximum Gasteiger partial charge on any atom is 0.364 e. The molecule has 64 valence electrons. The average molecular weight is 235 g/mol. The summed E-state index contributed by atoms with van der Waals surface area (Å²) in [7, 11) is 0. The van der Waals surface area contributed by atoms with E-state index in [1.54, 1.807) is 0 Å². The van der Waals surface area contributed by atoms with Crippen LogP contribution in [0.3, 0.4) is 0 Å². The van der Waals surface area contributed by atoms with E-state index in [1.807, 2.05) is 0 Å². The molecule has 0 spiro atoms. The first-order valence-electron chi connectivity index (χ1n) is 3.00. The number of rotatable bonds is 2. The highest BCUT2D eigenvalue weighted by atomic mass is 79.9. The first-order valence-corrected chi connectivity index (χ1v) is 3.79. The lowest BCUT2D eigenvalue weighted by atomic mass is 10.4. The SMILES string of the molecule is O=[N+]([O-])c1cc(Br)cc(CF)n1. The summed E-state index contributed by atoms with van der Waals surface area (Å²) in [4.78, 5) is 13.0. The van der Waals surface area contributed by atoms with Gasteiger partial charge in [0.15, 0.2) is 12.4 Å². The molecule has 1 aromatic rings. The largest absolute Gasteiger partial charge is 0.364 e. The van der Waals surface area contributed by atoms with Crippen molar-refractivity contribution in [3.63, 3.8) is 0 Å². The van der Waals surface area contributed by atoms with Crippen molar-refractivity contribution in [1.82, 2.24) is 4.98 Å². The Morgan fingerprint density at radius 3 is 2.83 bits per heavy atom. The number of alkyl halides is 1. The van der Waals surface area contributed by atoms with Gasteiger partial charge < -0.3 is 10.1 Å². The van der Waals surface area contributed by atoms with Gasteiger partial charge in [0.2, 0.25) is 0 Å². The predicted molar refractivity (Wildman–Crippen MR) is 43.4 cm³/mol. The van der Waals surface area contributed by atoms with Crippen molar-refractivity contribution >= 4 is 21.7 Å². The minimum atomic E-state index is -0.805. The van der Waals surface area contributed by atoms with Crippen molar-refractivity contribution in [2.24, 2.45) is 0 Å². The van der Waals surface area contributed by atoms with Crippen molar-refractivity contribution in [2.75, 3.05) is 0 Å². The fourth-order valence-corrected chi connectivity index (χ4v) is 1.17. The summed E-state index contributed by atoms with van der Waals surface area (Å²) in [6, 6.07) is 2.62. The Kier molecular flexibility index (Phi) is 2.69. The second kappa shape index (κ2) is 3.57. The molecule has 0 fully saturated rings. The van der Waals surface area contributed by atoms with Crippen LogP contribution in [0.2, 0.25) is 0 Å². The first-order chi connectivity index (χ1) is 5.63. The Morgan fingerprint density at radius 2 is 2.33 bits per heavy atom. The normalized spacial score (nSPS) is 9.83. The third-order valence-electron chi connectivity index (χ3n) is 1.15. The highest BCUT2D eigenvalue weighted by molar-refractivity contribution is 9.10. The molecule has 0 saturated carbocycles. The van der Waals surface area contributed by atoms with Gasteiger partial charge in [0, 0.05) is 10.5 Å². The van der Waals surface area contributed by atoms with E-state index in [1.165, 1.54) is 12.1 Å². The molecule has 0 radical (unpaired) electrons. The minimum absolute atomic E-state index is 0.0519. The van der Waals surface area contributed by atoms with E-state index in [0.717, 1.165) is 0 Å². The summed E-state index contributed by atoms with van der Waals surface area (Å²) in [6.45, 7) is -0.805. The van der Waals surface area contributed by atoms with Crippen LogP contribution in [-0.2, 0) is 6.67 Å². The lowest BCUT2D eigenvalue weighted by Gasteiger charge is -1.93. The highest BCUT2D eigenvalue weighted by Crippen LogP contribution is 2.17. The van der Waals surface area contributed by atoms with E-state index in [2.05, 4.69) is 20.9 Å². The Bertz CT molecular complexity index is 318. The molecular formula is C6H4BrFN2O2. The third kappa shape index (κ3) is 1.97. The predicted octanol–water partition coefficient (Wildman–Crippen LogP) is 2.22. The third-order valence-corrected chi connectivity index (χ3v) is 1.61. The van der Waals surface area contributed by atoms with E-state index in [0.29, 0.717) is 4.47 Å². The number of aromatic nitrogens is 1. The van der Waals surface area contributed by atoms with Crippen molar-refractivity contribution in [3.05, 3.63) is 32.4 Å². The summed E-state index contributed by atoms with van der Waals surface area (Å²) in [5.74, 6) is -0.350. The number of nitro groups is 1. The molecule has 0 aromatic carbocycles. The van der Waals surface area contributed by atoms with Crippen LogP contribution in [0.5, 0.6) is 0 Å². The maximum absolute atomic E-state index is 12.0. The zero-order valence-electron chi connectivity index (χ0n) is 5.83. The summed E-state index contributed by atoms with van der Waals surface area (Å²) < 4.78 is 12.5. The molecule has 6 heteroatoms. The van der Waals surface area contributed by atoms with E-state index >= 15 is 0 Å². The van der Waals surface area contributed by atoms with Gasteiger partial charge in [-0.3, -0.25) is 0 Å². The van der Waals surface area contributed by atoms with Crippen LogP contribution in [0.4, 0.5) is 10.2 Å². The molecule has 1 rings (SSSR count). The van der Waals surface area contributed by atoms with Crippen LogP contribution in [-0.4, -0.2) is 9.91 Å². The lowest BCUT2D eigenvalue weighted by molar-refractivity contribution is -0.389. The standard InChI is InChI=1S/C6H4BrFN2O2/c7-4-1-5(3-8)9-6(2-4)10(11)12/h1-2H,3H2. The fourth-order valence-electron chi connectivity index (χ4n) is 0.698. The van der Waals surface area contributed by atoms with Crippen LogP contribution < -0.4 is 0 Å². The second-order valence-electron chi connectivity index (χ2n) is 2.03. The number of hydrogen-bond donors (Lipinski definition) is 0.